The lowest BCUT2D eigenvalue weighted by atomic mass is 9.98. The molecule has 1 atom stereocenters. The molecule has 1 unspecified atom stereocenters. The fourth-order valence-electron chi connectivity index (χ4n) is 1.86. The third-order valence-electron chi connectivity index (χ3n) is 2.89. The van der Waals surface area contributed by atoms with Crippen LogP contribution in [0, 0.1) is 11.7 Å². The van der Waals surface area contributed by atoms with Gasteiger partial charge in [-0.2, -0.15) is 0 Å². The predicted octanol–water partition coefficient (Wildman–Crippen LogP) is 2.71. The van der Waals surface area contributed by atoms with Crippen LogP contribution in [-0.4, -0.2) is 18.4 Å². The highest BCUT2D eigenvalue weighted by molar-refractivity contribution is 9.10. The molecule has 1 heterocycles. The first-order valence-electron chi connectivity index (χ1n) is 5.73. The molecule has 0 aliphatic carbocycles. The van der Waals surface area contributed by atoms with Gasteiger partial charge in [-0.3, -0.25) is 9.59 Å². The highest BCUT2D eigenvalue weighted by Gasteiger charge is 2.29. The van der Waals surface area contributed by atoms with E-state index >= 15 is 0 Å². The summed E-state index contributed by atoms with van der Waals surface area (Å²) in [5.74, 6) is -2.35. The fraction of sp³-hybridized carbons (Fsp3) is 0.333. The summed E-state index contributed by atoms with van der Waals surface area (Å²) in [7, 11) is 0. The molecule has 0 aromatic heterocycles. The minimum atomic E-state index is -0.782. The average molecular weight is 350 g/mol. The Morgan fingerprint density at radius 3 is 2.95 bits per heavy atom. The Morgan fingerprint density at radius 1 is 1.53 bits per heavy atom. The Bertz CT molecular complexity index is 539. The van der Waals surface area contributed by atoms with Crippen LogP contribution in [-0.2, 0) is 9.59 Å². The van der Waals surface area contributed by atoms with E-state index in [-0.39, 0.29) is 16.6 Å². The van der Waals surface area contributed by atoms with E-state index in [1.54, 1.807) is 0 Å². The van der Waals surface area contributed by atoms with E-state index in [1.165, 1.54) is 12.1 Å². The summed E-state index contributed by atoms with van der Waals surface area (Å²) >= 11 is 8.81. The molecule has 0 radical (unpaired) electrons. The molecule has 1 saturated heterocycles. The van der Waals surface area contributed by atoms with E-state index in [1.807, 2.05) is 0 Å². The van der Waals surface area contributed by atoms with Gasteiger partial charge in [-0.05, 0) is 40.9 Å². The summed E-state index contributed by atoms with van der Waals surface area (Å²) in [6, 6.07) is 2.92. The number of piperidine rings is 1. The molecule has 2 N–H and O–H groups in total. The van der Waals surface area contributed by atoms with Crippen LogP contribution >= 0.6 is 27.5 Å². The van der Waals surface area contributed by atoms with Crippen LogP contribution in [0.3, 0.4) is 0 Å². The van der Waals surface area contributed by atoms with Crippen LogP contribution in [0.4, 0.5) is 10.1 Å². The van der Waals surface area contributed by atoms with Crippen LogP contribution < -0.4 is 10.6 Å². The molecule has 2 rings (SSSR count). The molecule has 19 heavy (non-hydrogen) atoms. The maximum atomic E-state index is 13.8. The topological polar surface area (TPSA) is 58.2 Å². The first-order chi connectivity index (χ1) is 9.00. The zero-order chi connectivity index (χ0) is 14.0. The van der Waals surface area contributed by atoms with Gasteiger partial charge >= 0.3 is 0 Å². The number of rotatable bonds is 2. The summed E-state index contributed by atoms with van der Waals surface area (Å²) in [6.45, 7) is 0.571. The van der Waals surface area contributed by atoms with Crippen LogP contribution in [0.5, 0.6) is 0 Å². The molecule has 1 aliphatic rings. The van der Waals surface area contributed by atoms with Crippen LogP contribution in [0.15, 0.2) is 16.6 Å². The van der Waals surface area contributed by atoms with Gasteiger partial charge in [0, 0.05) is 11.0 Å². The molecule has 4 nitrogen and oxygen atoms in total. The van der Waals surface area contributed by atoms with Gasteiger partial charge in [0.2, 0.25) is 11.8 Å². The molecular formula is C12H11BrClFN2O2. The van der Waals surface area contributed by atoms with Crippen molar-refractivity contribution >= 4 is 45.0 Å². The van der Waals surface area contributed by atoms with Crippen molar-refractivity contribution in [3.63, 3.8) is 0 Å². The van der Waals surface area contributed by atoms with Gasteiger partial charge in [0.15, 0.2) is 5.82 Å². The van der Waals surface area contributed by atoms with E-state index in [9.17, 15) is 14.0 Å². The Labute approximate surface area is 122 Å². The lowest BCUT2D eigenvalue weighted by Crippen LogP contribution is -2.42. The number of benzene rings is 1. The third kappa shape index (κ3) is 3.06. The first-order valence-corrected chi connectivity index (χ1v) is 6.90. The van der Waals surface area contributed by atoms with Gasteiger partial charge in [0.25, 0.3) is 0 Å². The van der Waals surface area contributed by atoms with Crippen LogP contribution in [0.25, 0.3) is 0 Å². The van der Waals surface area contributed by atoms with Gasteiger partial charge in [-0.25, -0.2) is 4.39 Å². The highest BCUT2D eigenvalue weighted by Crippen LogP contribution is 2.30. The van der Waals surface area contributed by atoms with E-state index in [2.05, 4.69) is 26.6 Å². The van der Waals surface area contributed by atoms with E-state index in [0.717, 1.165) is 6.42 Å². The standard InChI is InChI=1S/C12H11BrClFN2O2/c13-7-3-4-8(10(15)9(7)14)17-12(19)6-2-1-5-16-11(6)18/h3-4,6H,1-2,5H2,(H,16,18)(H,17,19). The normalized spacial score (nSPS) is 18.9. The van der Waals surface area contributed by atoms with Crippen molar-refractivity contribution < 1.29 is 14.0 Å². The minimum absolute atomic E-state index is 0.0310. The van der Waals surface area contributed by atoms with Crippen molar-refractivity contribution in [3.05, 3.63) is 27.4 Å². The molecule has 1 aromatic rings. The van der Waals surface area contributed by atoms with Gasteiger partial charge in [-0.15, -0.1) is 0 Å². The zero-order valence-corrected chi connectivity index (χ0v) is 12.1. The van der Waals surface area contributed by atoms with E-state index in [0.29, 0.717) is 17.4 Å². The largest absolute Gasteiger partial charge is 0.355 e. The number of amides is 2. The highest BCUT2D eigenvalue weighted by atomic mass is 79.9. The number of halogens is 3. The predicted molar refractivity (Wildman–Crippen MR) is 73.5 cm³/mol. The fourth-order valence-corrected chi connectivity index (χ4v) is 2.34. The van der Waals surface area contributed by atoms with E-state index in [4.69, 9.17) is 11.6 Å². The van der Waals surface area contributed by atoms with Crippen LogP contribution in [0.2, 0.25) is 5.02 Å². The van der Waals surface area contributed by atoms with Crippen molar-refractivity contribution in [1.29, 1.82) is 0 Å². The molecule has 0 bridgehead atoms. The zero-order valence-electron chi connectivity index (χ0n) is 9.80. The molecule has 7 heteroatoms. The Morgan fingerprint density at radius 2 is 2.26 bits per heavy atom. The maximum absolute atomic E-state index is 13.8. The molecule has 0 spiro atoms. The quantitative estimate of drug-likeness (QED) is 0.637. The minimum Gasteiger partial charge on any atom is -0.355 e. The van der Waals surface area contributed by atoms with Crippen molar-refractivity contribution in [2.45, 2.75) is 12.8 Å². The van der Waals surface area contributed by atoms with E-state index < -0.39 is 17.6 Å². The summed E-state index contributed by atoms with van der Waals surface area (Å²) in [5, 5.41) is 4.90. The summed E-state index contributed by atoms with van der Waals surface area (Å²) in [4.78, 5) is 23.5. The molecular weight excluding hydrogens is 338 g/mol. The van der Waals surface area contributed by atoms with Crippen molar-refractivity contribution in [2.75, 3.05) is 11.9 Å². The number of carbonyl (C=O) groups is 2. The number of nitrogens with one attached hydrogen (secondary N) is 2. The van der Waals surface area contributed by atoms with Gasteiger partial charge in [-0.1, -0.05) is 11.6 Å². The number of carbonyl (C=O) groups excluding carboxylic acids is 2. The number of hydrogen-bond acceptors (Lipinski definition) is 2. The Balaban J connectivity index is 2.15. The average Bonchev–Trinajstić information content (AvgIpc) is 2.40. The number of anilines is 1. The van der Waals surface area contributed by atoms with Gasteiger partial charge in [0.1, 0.15) is 5.92 Å². The lowest BCUT2D eigenvalue weighted by Gasteiger charge is -2.21. The lowest BCUT2D eigenvalue weighted by molar-refractivity contribution is -0.134. The van der Waals surface area contributed by atoms with Crippen LogP contribution in [0.1, 0.15) is 12.8 Å². The van der Waals surface area contributed by atoms with Crippen molar-refractivity contribution in [2.24, 2.45) is 5.92 Å². The van der Waals surface area contributed by atoms with Crippen molar-refractivity contribution in [1.82, 2.24) is 5.32 Å². The molecule has 1 aromatic carbocycles. The second-order valence-corrected chi connectivity index (χ2v) is 5.43. The molecule has 1 fully saturated rings. The third-order valence-corrected chi connectivity index (χ3v) is 4.15. The SMILES string of the molecule is O=C1NCCCC1C(=O)Nc1ccc(Br)c(Cl)c1F. The molecule has 1 aliphatic heterocycles. The first kappa shape index (κ1) is 14.3. The molecule has 2 amide bonds. The second kappa shape index (κ2) is 5.88. The summed E-state index contributed by atoms with van der Waals surface area (Å²) in [6.07, 6.45) is 1.19. The molecule has 102 valence electrons. The molecule has 0 saturated carbocycles. The second-order valence-electron chi connectivity index (χ2n) is 4.20. The summed E-state index contributed by atoms with van der Waals surface area (Å²) in [5.41, 5.74) is -0.0310. The van der Waals surface area contributed by atoms with Gasteiger partial charge in [0.05, 0.1) is 10.7 Å². The van der Waals surface area contributed by atoms with Gasteiger partial charge < -0.3 is 10.6 Å². The van der Waals surface area contributed by atoms with Crippen molar-refractivity contribution in [3.8, 4) is 0 Å². The maximum Gasteiger partial charge on any atom is 0.237 e. The smallest absolute Gasteiger partial charge is 0.237 e. The monoisotopic (exact) mass is 348 g/mol. The Hall–Kier alpha value is -1.14. The Kier molecular flexibility index (Phi) is 4.42. The number of hydrogen-bond donors (Lipinski definition) is 2. The summed E-state index contributed by atoms with van der Waals surface area (Å²) < 4.78 is 14.2.